The molecule has 0 bridgehead atoms. The van der Waals surface area contributed by atoms with E-state index in [1.807, 2.05) is 26.1 Å². The minimum atomic E-state index is -0.378. The third-order valence-electron chi connectivity index (χ3n) is 4.38. The third kappa shape index (κ3) is 4.26. The maximum absolute atomic E-state index is 13.1. The maximum atomic E-state index is 13.1. The minimum Gasteiger partial charge on any atom is -0.484 e. The van der Waals surface area contributed by atoms with E-state index in [2.05, 4.69) is 10.3 Å². The first kappa shape index (κ1) is 17.2. The summed E-state index contributed by atoms with van der Waals surface area (Å²) in [7, 11) is 1.88. The molecule has 25 heavy (non-hydrogen) atoms. The number of hydrogen-bond donors (Lipinski definition) is 1. The van der Waals surface area contributed by atoms with Crippen LogP contribution in [0.2, 0.25) is 0 Å². The van der Waals surface area contributed by atoms with Crippen molar-refractivity contribution >= 4 is 11.6 Å². The summed E-state index contributed by atoms with van der Waals surface area (Å²) in [6.07, 6.45) is 0.880. The number of halogens is 1. The minimum absolute atomic E-state index is 0.0841. The van der Waals surface area contributed by atoms with Crippen LogP contribution in [-0.2, 0) is 4.79 Å². The van der Waals surface area contributed by atoms with Crippen molar-refractivity contribution in [1.29, 1.82) is 0 Å². The average Bonchev–Trinajstić information content (AvgIpc) is 3.09. The normalized spacial score (nSPS) is 16.8. The number of likely N-dealkylation sites (tertiary alicyclic amines) is 1. The number of nitrogens with one attached hydrogen (secondary N) is 1. The highest BCUT2D eigenvalue weighted by Gasteiger charge is 2.28. The van der Waals surface area contributed by atoms with Gasteiger partial charge in [-0.1, -0.05) is 6.07 Å². The first-order valence-corrected chi connectivity index (χ1v) is 8.37. The van der Waals surface area contributed by atoms with Crippen LogP contribution in [0, 0.1) is 12.7 Å². The molecular formula is C19H22FN3O2. The van der Waals surface area contributed by atoms with E-state index in [0.29, 0.717) is 18.8 Å². The number of hydrogen-bond acceptors (Lipinski definition) is 4. The van der Waals surface area contributed by atoms with Crippen molar-refractivity contribution in [3.05, 3.63) is 53.6 Å². The van der Waals surface area contributed by atoms with Crippen LogP contribution in [-0.4, -0.2) is 42.5 Å². The van der Waals surface area contributed by atoms with Gasteiger partial charge in [-0.25, -0.2) is 4.39 Å². The second kappa shape index (κ2) is 7.51. The van der Waals surface area contributed by atoms with Gasteiger partial charge >= 0.3 is 0 Å². The van der Waals surface area contributed by atoms with Crippen molar-refractivity contribution in [2.45, 2.75) is 19.3 Å². The predicted molar refractivity (Wildman–Crippen MR) is 94.4 cm³/mol. The topological polar surface area (TPSA) is 54.5 Å². The lowest BCUT2D eigenvalue weighted by Gasteiger charge is -2.17. The van der Waals surface area contributed by atoms with Gasteiger partial charge in [0.25, 0.3) is 5.91 Å². The summed E-state index contributed by atoms with van der Waals surface area (Å²) in [5, 5.41) is 3.14. The average molecular weight is 343 g/mol. The zero-order chi connectivity index (χ0) is 17.8. The number of rotatable bonds is 5. The Kier molecular flexibility index (Phi) is 5.16. The second-order valence-corrected chi connectivity index (χ2v) is 6.24. The van der Waals surface area contributed by atoms with Crippen molar-refractivity contribution < 1.29 is 13.9 Å². The molecular weight excluding hydrogens is 321 g/mol. The van der Waals surface area contributed by atoms with Crippen LogP contribution in [0.4, 0.5) is 10.1 Å². The number of carbonyl (C=O) groups excluding carboxylic acids is 1. The lowest BCUT2D eigenvalue weighted by molar-refractivity contribution is -0.132. The maximum Gasteiger partial charge on any atom is 0.260 e. The quantitative estimate of drug-likeness (QED) is 0.907. The molecule has 132 valence electrons. The molecule has 1 atom stereocenters. The smallest absolute Gasteiger partial charge is 0.260 e. The Balaban J connectivity index is 1.58. The molecule has 0 unspecified atom stereocenters. The van der Waals surface area contributed by atoms with Gasteiger partial charge in [0, 0.05) is 49.2 Å². The molecule has 1 N–H and O–H groups in total. The van der Waals surface area contributed by atoms with Gasteiger partial charge in [-0.05, 0) is 37.6 Å². The molecule has 1 saturated heterocycles. The Bertz CT molecular complexity index is 766. The molecule has 1 amide bonds. The van der Waals surface area contributed by atoms with Crippen LogP contribution >= 0.6 is 0 Å². The number of carbonyl (C=O) groups is 1. The first-order valence-electron chi connectivity index (χ1n) is 8.37. The Morgan fingerprint density at radius 2 is 2.24 bits per heavy atom. The molecule has 5 nitrogen and oxygen atoms in total. The Morgan fingerprint density at radius 1 is 1.40 bits per heavy atom. The van der Waals surface area contributed by atoms with E-state index < -0.39 is 0 Å². The highest BCUT2D eigenvalue weighted by Crippen LogP contribution is 2.28. The van der Waals surface area contributed by atoms with Gasteiger partial charge in [-0.15, -0.1) is 0 Å². The van der Waals surface area contributed by atoms with Crippen LogP contribution in [0.5, 0.6) is 5.75 Å². The molecule has 0 aliphatic carbocycles. The summed E-state index contributed by atoms with van der Waals surface area (Å²) < 4.78 is 18.5. The molecule has 2 heterocycles. The fraction of sp³-hybridized carbons (Fsp3) is 0.368. The van der Waals surface area contributed by atoms with Crippen molar-refractivity contribution in [2.75, 3.05) is 32.1 Å². The number of aromatic nitrogens is 1. The van der Waals surface area contributed by atoms with E-state index in [0.717, 1.165) is 23.5 Å². The molecule has 6 heteroatoms. The summed E-state index contributed by atoms with van der Waals surface area (Å²) in [6.45, 7) is 3.19. The van der Waals surface area contributed by atoms with Crippen LogP contribution < -0.4 is 10.1 Å². The van der Waals surface area contributed by atoms with Crippen LogP contribution in [0.25, 0.3) is 0 Å². The summed E-state index contributed by atoms with van der Waals surface area (Å²) in [5.74, 6) is 0.124. The molecule has 1 aliphatic heterocycles. The van der Waals surface area contributed by atoms with E-state index in [9.17, 15) is 9.18 Å². The summed E-state index contributed by atoms with van der Waals surface area (Å²) in [6, 6.07) is 9.84. The van der Waals surface area contributed by atoms with Gasteiger partial charge in [0.05, 0.1) is 0 Å². The Morgan fingerprint density at radius 3 is 3.00 bits per heavy atom. The molecule has 1 fully saturated rings. The molecule has 1 aromatic heterocycles. The molecule has 2 aromatic rings. The van der Waals surface area contributed by atoms with E-state index in [1.54, 1.807) is 17.0 Å². The highest BCUT2D eigenvalue weighted by atomic mass is 19.1. The van der Waals surface area contributed by atoms with Crippen molar-refractivity contribution in [3.8, 4) is 5.75 Å². The molecule has 3 rings (SSSR count). The Labute approximate surface area is 146 Å². The van der Waals surface area contributed by atoms with Crippen LogP contribution in [0.1, 0.15) is 23.7 Å². The number of pyridine rings is 1. The van der Waals surface area contributed by atoms with Crippen LogP contribution in [0.3, 0.4) is 0 Å². The van der Waals surface area contributed by atoms with E-state index >= 15 is 0 Å². The summed E-state index contributed by atoms with van der Waals surface area (Å²) in [5.41, 5.74) is 2.99. The monoisotopic (exact) mass is 343 g/mol. The summed E-state index contributed by atoms with van der Waals surface area (Å²) in [4.78, 5) is 18.7. The lowest BCUT2D eigenvalue weighted by Crippen LogP contribution is -2.32. The first-order chi connectivity index (χ1) is 12.0. The van der Waals surface area contributed by atoms with Crippen LogP contribution in [0.15, 0.2) is 36.4 Å². The standard InChI is InChI=1S/C19H22FN3O2/c1-13-8-16(21-2)10-18(22-13)14-6-7-23(11-14)19(24)12-25-17-5-3-4-15(20)9-17/h3-5,8-10,14H,6-7,11-12H2,1-2H3,(H,21,22)/t14-/m1/s1. The SMILES string of the molecule is CNc1cc(C)nc([C@@H]2CCN(C(=O)COc3cccc(F)c3)C2)c1. The predicted octanol–water partition coefficient (Wildman–Crippen LogP) is 2.97. The number of anilines is 1. The van der Waals surface area contributed by atoms with Crippen molar-refractivity contribution in [2.24, 2.45) is 0 Å². The molecule has 0 saturated carbocycles. The van der Waals surface area contributed by atoms with Gasteiger partial charge in [-0.3, -0.25) is 9.78 Å². The molecule has 1 aromatic carbocycles. The second-order valence-electron chi connectivity index (χ2n) is 6.24. The van der Waals surface area contributed by atoms with Crippen molar-refractivity contribution in [3.63, 3.8) is 0 Å². The van der Waals surface area contributed by atoms with Gasteiger partial charge < -0.3 is 15.0 Å². The van der Waals surface area contributed by atoms with Gasteiger partial charge in [-0.2, -0.15) is 0 Å². The number of nitrogens with zero attached hydrogens (tertiary/aromatic N) is 2. The zero-order valence-electron chi connectivity index (χ0n) is 14.5. The van der Waals surface area contributed by atoms with Gasteiger partial charge in [0.1, 0.15) is 11.6 Å². The number of ether oxygens (including phenoxy) is 1. The Hall–Kier alpha value is -2.63. The van der Waals surface area contributed by atoms with Crippen molar-refractivity contribution in [1.82, 2.24) is 9.88 Å². The fourth-order valence-electron chi connectivity index (χ4n) is 3.07. The molecule has 0 spiro atoms. The number of aryl methyl sites for hydroxylation is 1. The fourth-order valence-corrected chi connectivity index (χ4v) is 3.07. The highest BCUT2D eigenvalue weighted by molar-refractivity contribution is 5.78. The van der Waals surface area contributed by atoms with Gasteiger partial charge in [0.15, 0.2) is 6.61 Å². The third-order valence-corrected chi connectivity index (χ3v) is 4.38. The van der Waals surface area contributed by atoms with Gasteiger partial charge in [0.2, 0.25) is 0 Å². The van der Waals surface area contributed by atoms with E-state index in [1.165, 1.54) is 12.1 Å². The number of benzene rings is 1. The lowest BCUT2D eigenvalue weighted by atomic mass is 10.0. The molecule has 0 radical (unpaired) electrons. The molecule has 1 aliphatic rings. The zero-order valence-corrected chi connectivity index (χ0v) is 14.5. The number of amides is 1. The summed E-state index contributed by atoms with van der Waals surface area (Å²) >= 11 is 0. The van der Waals surface area contributed by atoms with E-state index in [4.69, 9.17) is 4.74 Å². The van der Waals surface area contributed by atoms with E-state index in [-0.39, 0.29) is 24.2 Å². The largest absolute Gasteiger partial charge is 0.484 e.